The van der Waals surface area contributed by atoms with Crippen molar-refractivity contribution in [1.82, 2.24) is 20.1 Å². The van der Waals surface area contributed by atoms with E-state index in [-0.39, 0.29) is 12.5 Å². The van der Waals surface area contributed by atoms with Crippen molar-refractivity contribution in [3.63, 3.8) is 0 Å². The second kappa shape index (κ2) is 9.52. The van der Waals surface area contributed by atoms with Crippen molar-refractivity contribution >= 4 is 11.7 Å². The summed E-state index contributed by atoms with van der Waals surface area (Å²) < 4.78 is 11.8. The third-order valence-electron chi connectivity index (χ3n) is 5.52. The minimum atomic E-state index is -0.0553. The normalized spacial score (nSPS) is 13.7. The zero-order valence-corrected chi connectivity index (χ0v) is 18.0. The van der Waals surface area contributed by atoms with Crippen LogP contribution in [0.1, 0.15) is 0 Å². The van der Waals surface area contributed by atoms with Gasteiger partial charge in [-0.15, -0.1) is 10.2 Å². The van der Waals surface area contributed by atoms with E-state index in [1.807, 2.05) is 71.6 Å². The number of benzene rings is 2. The van der Waals surface area contributed by atoms with E-state index in [4.69, 9.17) is 9.15 Å². The molecule has 0 aliphatic carbocycles. The van der Waals surface area contributed by atoms with Gasteiger partial charge in [0.2, 0.25) is 5.89 Å². The highest BCUT2D eigenvalue weighted by Crippen LogP contribution is 2.31. The first-order chi connectivity index (χ1) is 16.3. The molecule has 1 aliphatic heterocycles. The predicted octanol–water partition coefficient (Wildman–Crippen LogP) is 3.53. The molecule has 0 spiro atoms. The van der Waals surface area contributed by atoms with Crippen molar-refractivity contribution in [2.45, 2.75) is 0 Å². The predicted molar refractivity (Wildman–Crippen MR) is 124 cm³/mol. The van der Waals surface area contributed by atoms with Gasteiger partial charge in [0.05, 0.1) is 5.56 Å². The molecule has 166 valence electrons. The molecule has 0 N–H and O–H groups in total. The minimum Gasteiger partial charge on any atom is -0.483 e. The maximum absolute atomic E-state index is 12.8. The van der Waals surface area contributed by atoms with Crippen LogP contribution in [-0.4, -0.2) is 58.8 Å². The Bertz CT molecular complexity index is 1200. The van der Waals surface area contributed by atoms with E-state index >= 15 is 0 Å². The number of nitrogens with zero attached hydrogens (tertiary/aromatic N) is 5. The lowest BCUT2D eigenvalue weighted by Crippen LogP contribution is -2.50. The molecular weight excluding hydrogens is 418 g/mol. The smallest absolute Gasteiger partial charge is 0.260 e. The summed E-state index contributed by atoms with van der Waals surface area (Å²) in [6.07, 6.45) is 1.78. The number of pyridine rings is 1. The molecule has 0 bridgehead atoms. The number of para-hydroxylation sites is 1. The third kappa shape index (κ3) is 4.69. The Balaban J connectivity index is 1.22. The zero-order valence-electron chi connectivity index (χ0n) is 18.0. The standard InChI is InChI=1S/C25H23N5O3/c31-23(30-16-14-29(15-17-30)22-12-6-7-13-26-22)18-32-21-11-5-4-10-20(21)25-28-27-24(33-25)19-8-2-1-3-9-19/h1-13H,14-18H2. The zero-order chi connectivity index (χ0) is 22.5. The molecule has 1 fully saturated rings. The highest BCUT2D eigenvalue weighted by atomic mass is 16.5. The Kier molecular flexibility index (Phi) is 5.97. The quantitative estimate of drug-likeness (QED) is 0.453. The summed E-state index contributed by atoms with van der Waals surface area (Å²) >= 11 is 0. The van der Waals surface area contributed by atoms with Gasteiger partial charge in [-0.3, -0.25) is 4.79 Å². The number of hydrogen-bond acceptors (Lipinski definition) is 7. The molecule has 0 radical (unpaired) electrons. The molecule has 1 aliphatic rings. The van der Waals surface area contributed by atoms with E-state index in [1.54, 1.807) is 12.3 Å². The summed E-state index contributed by atoms with van der Waals surface area (Å²) in [5.41, 5.74) is 1.50. The molecule has 33 heavy (non-hydrogen) atoms. The number of aromatic nitrogens is 3. The minimum absolute atomic E-state index is 0.0547. The summed E-state index contributed by atoms with van der Waals surface area (Å²) in [7, 11) is 0. The third-order valence-corrected chi connectivity index (χ3v) is 5.52. The fourth-order valence-corrected chi connectivity index (χ4v) is 3.76. The second-order valence-electron chi connectivity index (χ2n) is 7.62. The van der Waals surface area contributed by atoms with E-state index in [0.29, 0.717) is 36.2 Å². The highest BCUT2D eigenvalue weighted by molar-refractivity contribution is 5.78. The van der Waals surface area contributed by atoms with Gasteiger partial charge in [-0.1, -0.05) is 36.4 Å². The van der Waals surface area contributed by atoms with Crippen LogP contribution in [0.2, 0.25) is 0 Å². The average molecular weight is 441 g/mol. The van der Waals surface area contributed by atoms with Crippen molar-refractivity contribution in [3.05, 3.63) is 79.0 Å². The van der Waals surface area contributed by atoms with Crippen LogP contribution in [0, 0.1) is 0 Å². The first-order valence-electron chi connectivity index (χ1n) is 10.8. The molecule has 0 saturated carbocycles. The van der Waals surface area contributed by atoms with Gasteiger partial charge in [-0.25, -0.2) is 4.98 Å². The van der Waals surface area contributed by atoms with Crippen LogP contribution in [0.25, 0.3) is 22.9 Å². The van der Waals surface area contributed by atoms with Crippen LogP contribution in [0.3, 0.4) is 0 Å². The Morgan fingerprint density at radius 3 is 2.36 bits per heavy atom. The topological polar surface area (TPSA) is 84.6 Å². The molecule has 0 atom stereocenters. The fourth-order valence-electron chi connectivity index (χ4n) is 3.76. The molecule has 3 heterocycles. The Morgan fingerprint density at radius 1 is 0.848 bits per heavy atom. The maximum Gasteiger partial charge on any atom is 0.260 e. The van der Waals surface area contributed by atoms with E-state index in [9.17, 15) is 4.79 Å². The summed E-state index contributed by atoms with van der Waals surface area (Å²) in [5.74, 6) is 2.19. The van der Waals surface area contributed by atoms with E-state index in [0.717, 1.165) is 24.5 Å². The van der Waals surface area contributed by atoms with Crippen molar-refractivity contribution in [2.24, 2.45) is 0 Å². The molecule has 4 aromatic rings. The summed E-state index contributed by atoms with van der Waals surface area (Å²) in [4.78, 5) is 21.2. The van der Waals surface area contributed by atoms with Gasteiger partial charge in [0.15, 0.2) is 6.61 Å². The van der Waals surface area contributed by atoms with Gasteiger partial charge >= 0.3 is 0 Å². The SMILES string of the molecule is O=C(COc1ccccc1-c1nnc(-c2ccccc2)o1)N1CCN(c2ccccn2)CC1. The largest absolute Gasteiger partial charge is 0.483 e. The molecule has 0 unspecified atom stereocenters. The molecule has 1 saturated heterocycles. The Morgan fingerprint density at radius 2 is 1.58 bits per heavy atom. The van der Waals surface area contributed by atoms with E-state index in [2.05, 4.69) is 20.1 Å². The van der Waals surface area contributed by atoms with Crippen LogP contribution < -0.4 is 9.64 Å². The van der Waals surface area contributed by atoms with Crippen molar-refractivity contribution in [2.75, 3.05) is 37.7 Å². The first kappa shape index (κ1) is 20.7. The molecule has 1 amide bonds. The number of hydrogen-bond donors (Lipinski definition) is 0. The van der Waals surface area contributed by atoms with Gasteiger partial charge in [0.1, 0.15) is 11.6 Å². The summed E-state index contributed by atoms with van der Waals surface area (Å²) in [6, 6.07) is 22.8. The second-order valence-corrected chi connectivity index (χ2v) is 7.62. The highest BCUT2D eigenvalue weighted by Gasteiger charge is 2.23. The van der Waals surface area contributed by atoms with E-state index in [1.165, 1.54) is 0 Å². The van der Waals surface area contributed by atoms with Crippen LogP contribution in [0.4, 0.5) is 5.82 Å². The van der Waals surface area contributed by atoms with Gasteiger partial charge in [0.25, 0.3) is 11.8 Å². The average Bonchev–Trinajstić information content (AvgIpc) is 3.39. The van der Waals surface area contributed by atoms with Crippen LogP contribution in [0.15, 0.2) is 83.4 Å². The Labute approximate surface area is 191 Å². The number of anilines is 1. The maximum atomic E-state index is 12.8. The van der Waals surface area contributed by atoms with Crippen LogP contribution in [0.5, 0.6) is 5.75 Å². The molecule has 5 rings (SSSR count). The summed E-state index contributed by atoms with van der Waals surface area (Å²) in [6.45, 7) is 2.68. The number of rotatable bonds is 6. The first-order valence-corrected chi connectivity index (χ1v) is 10.8. The van der Waals surface area contributed by atoms with Crippen LogP contribution >= 0.6 is 0 Å². The van der Waals surface area contributed by atoms with Crippen LogP contribution in [-0.2, 0) is 4.79 Å². The molecule has 8 nitrogen and oxygen atoms in total. The number of amides is 1. The molecule has 8 heteroatoms. The Hall–Kier alpha value is -4.20. The molecule has 2 aromatic heterocycles. The molecular formula is C25H23N5O3. The van der Waals surface area contributed by atoms with Gasteiger partial charge in [-0.2, -0.15) is 0 Å². The number of ether oxygens (including phenoxy) is 1. The van der Waals surface area contributed by atoms with Crippen molar-refractivity contribution < 1.29 is 13.9 Å². The lowest BCUT2D eigenvalue weighted by atomic mass is 10.2. The lowest BCUT2D eigenvalue weighted by molar-refractivity contribution is -0.133. The van der Waals surface area contributed by atoms with Crippen molar-refractivity contribution in [1.29, 1.82) is 0 Å². The van der Waals surface area contributed by atoms with Gasteiger partial charge < -0.3 is 19.0 Å². The monoisotopic (exact) mass is 441 g/mol. The lowest BCUT2D eigenvalue weighted by Gasteiger charge is -2.35. The summed E-state index contributed by atoms with van der Waals surface area (Å²) in [5, 5.41) is 8.32. The van der Waals surface area contributed by atoms with E-state index < -0.39 is 0 Å². The fraction of sp³-hybridized carbons (Fsp3) is 0.200. The number of piperazine rings is 1. The molecule has 2 aromatic carbocycles. The number of carbonyl (C=O) groups is 1. The van der Waals surface area contributed by atoms with Gasteiger partial charge in [-0.05, 0) is 36.4 Å². The van der Waals surface area contributed by atoms with Crippen molar-refractivity contribution in [3.8, 4) is 28.7 Å². The number of carbonyl (C=O) groups excluding carboxylic acids is 1. The van der Waals surface area contributed by atoms with Gasteiger partial charge in [0, 0.05) is 37.9 Å².